The van der Waals surface area contributed by atoms with E-state index in [0.29, 0.717) is 0 Å². The van der Waals surface area contributed by atoms with E-state index in [1.165, 1.54) is 0 Å². The molecule has 0 bridgehead atoms. The van der Waals surface area contributed by atoms with Gasteiger partial charge in [0.25, 0.3) is 0 Å². The lowest BCUT2D eigenvalue weighted by atomic mass is 9.75. The first-order chi connectivity index (χ1) is 9.57. The third-order valence-corrected chi connectivity index (χ3v) is 4.91. The van der Waals surface area contributed by atoms with Crippen LogP contribution in [0.15, 0.2) is 28.7 Å². The Morgan fingerprint density at radius 3 is 2.75 bits per heavy atom. The van der Waals surface area contributed by atoms with Crippen molar-refractivity contribution >= 4 is 21.8 Å². The van der Waals surface area contributed by atoms with Crippen LogP contribution in [0.25, 0.3) is 0 Å². The summed E-state index contributed by atoms with van der Waals surface area (Å²) >= 11 is 3.48. The number of hydrogen-bond acceptors (Lipinski definition) is 2. The Kier molecular flexibility index (Phi) is 5.22. The smallest absolute Gasteiger partial charge is 0.226 e. The van der Waals surface area contributed by atoms with Crippen LogP contribution in [0.1, 0.15) is 44.7 Å². The van der Waals surface area contributed by atoms with Crippen molar-refractivity contribution in [2.24, 2.45) is 5.41 Å². The topological polar surface area (TPSA) is 41.1 Å². The summed E-state index contributed by atoms with van der Waals surface area (Å²) in [5, 5.41) is 6.53. The van der Waals surface area contributed by atoms with E-state index in [1.54, 1.807) is 0 Å². The van der Waals surface area contributed by atoms with Crippen LogP contribution in [0.3, 0.4) is 0 Å². The summed E-state index contributed by atoms with van der Waals surface area (Å²) in [7, 11) is 0. The summed E-state index contributed by atoms with van der Waals surface area (Å²) in [5.74, 6) is 0.203. The van der Waals surface area contributed by atoms with Gasteiger partial charge in [-0.2, -0.15) is 0 Å². The lowest BCUT2D eigenvalue weighted by Crippen LogP contribution is -2.47. The number of benzene rings is 1. The van der Waals surface area contributed by atoms with E-state index in [9.17, 15) is 4.79 Å². The van der Waals surface area contributed by atoms with Crippen LogP contribution in [-0.2, 0) is 4.79 Å². The van der Waals surface area contributed by atoms with Gasteiger partial charge in [-0.1, -0.05) is 35.0 Å². The van der Waals surface area contributed by atoms with Crippen molar-refractivity contribution in [2.75, 3.05) is 13.1 Å². The molecule has 2 N–H and O–H groups in total. The molecule has 20 heavy (non-hydrogen) atoms. The van der Waals surface area contributed by atoms with Crippen molar-refractivity contribution in [1.29, 1.82) is 0 Å². The monoisotopic (exact) mass is 338 g/mol. The Bertz CT molecular complexity index is 469. The van der Waals surface area contributed by atoms with Gasteiger partial charge >= 0.3 is 0 Å². The third kappa shape index (κ3) is 3.41. The molecule has 1 aromatic carbocycles. The zero-order chi connectivity index (χ0) is 14.6. The Morgan fingerprint density at radius 1 is 1.45 bits per heavy atom. The maximum absolute atomic E-state index is 12.7. The first-order valence-corrected chi connectivity index (χ1v) is 8.14. The van der Waals surface area contributed by atoms with Gasteiger partial charge in [-0.25, -0.2) is 0 Å². The van der Waals surface area contributed by atoms with Gasteiger partial charge in [0, 0.05) is 4.47 Å². The van der Waals surface area contributed by atoms with E-state index < -0.39 is 0 Å². The van der Waals surface area contributed by atoms with Crippen molar-refractivity contribution in [3.63, 3.8) is 0 Å². The van der Waals surface area contributed by atoms with E-state index in [1.807, 2.05) is 19.1 Å². The van der Waals surface area contributed by atoms with E-state index >= 15 is 0 Å². The van der Waals surface area contributed by atoms with Crippen LogP contribution in [-0.4, -0.2) is 19.0 Å². The number of hydrogen-bond donors (Lipinski definition) is 2. The van der Waals surface area contributed by atoms with Gasteiger partial charge in [0.2, 0.25) is 5.91 Å². The second-order valence-corrected chi connectivity index (χ2v) is 6.55. The highest BCUT2D eigenvalue weighted by atomic mass is 79.9. The molecule has 2 rings (SSSR count). The minimum Gasteiger partial charge on any atom is -0.349 e. The van der Waals surface area contributed by atoms with Crippen molar-refractivity contribution in [3.8, 4) is 0 Å². The summed E-state index contributed by atoms with van der Waals surface area (Å²) < 4.78 is 1.04. The van der Waals surface area contributed by atoms with Gasteiger partial charge < -0.3 is 10.6 Å². The standard InChI is InChI=1S/C16H23BrN2O/c1-3-16(7-9-18-10-8-16)15(20)19-12(2)13-5-4-6-14(17)11-13/h4-6,11-12,18H,3,7-10H2,1-2H3,(H,19,20)/t12-/m1/s1. The normalized spacial score (nSPS) is 19.4. The molecule has 0 unspecified atom stereocenters. The predicted octanol–water partition coefficient (Wildman–Crippen LogP) is 3.41. The van der Waals surface area contributed by atoms with Gasteiger partial charge in [-0.05, 0) is 57.0 Å². The predicted molar refractivity (Wildman–Crippen MR) is 85.5 cm³/mol. The highest BCUT2D eigenvalue weighted by Crippen LogP contribution is 2.33. The highest BCUT2D eigenvalue weighted by molar-refractivity contribution is 9.10. The van der Waals surface area contributed by atoms with E-state index in [2.05, 4.69) is 45.6 Å². The van der Waals surface area contributed by atoms with Crippen LogP contribution >= 0.6 is 15.9 Å². The lowest BCUT2D eigenvalue weighted by Gasteiger charge is -2.36. The molecule has 1 aromatic rings. The molecule has 0 radical (unpaired) electrons. The maximum atomic E-state index is 12.7. The fourth-order valence-electron chi connectivity index (χ4n) is 2.86. The summed E-state index contributed by atoms with van der Waals surface area (Å²) in [5.41, 5.74) is 0.943. The molecule has 1 aliphatic heterocycles. The number of carbonyl (C=O) groups excluding carboxylic acids is 1. The minimum atomic E-state index is -0.189. The molecular weight excluding hydrogens is 316 g/mol. The van der Waals surface area contributed by atoms with Gasteiger partial charge in [0.15, 0.2) is 0 Å². The molecule has 0 spiro atoms. The Hall–Kier alpha value is -0.870. The van der Waals surface area contributed by atoms with Crippen LogP contribution in [0.2, 0.25) is 0 Å². The van der Waals surface area contributed by atoms with Crippen molar-refractivity contribution < 1.29 is 4.79 Å². The fraction of sp³-hybridized carbons (Fsp3) is 0.562. The SMILES string of the molecule is CCC1(C(=O)N[C@H](C)c2cccc(Br)c2)CCNCC1. The number of carbonyl (C=O) groups is 1. The molecule has 0 aliphatic carbocycles. The molecule has 1 heterocycles. The summed E-state index contributed by atoms with van der Waals surface area (Å²) in [6.45, 7) is 6.04. The van der Waals surface area contributed by atoms with E-state index in [-0.39, 0.29) is 17.4 Å². The molecule has 110 valence electrons. The average molecular weight is 339 g/mol. The summed E-state index contributed by atoms with van der Waals surface area (Å²) in [6, 6.07) is 8.15. The third-order valence-electron chi connectivity index (χ3n) is 4.42. The number of amides is 1. The molecule has 1 fully saturated rings. The van der Waals surface area contributed by atoms with E-state index in [4.69, 9.17) is 0 Å². The molecule has 1 aliphatic rings. The number of halogens is 1. The Balaban J connectivity index is 2.06. The minimum absolute atomic E-state index is 0.0401. The van der Waals surface area contributed by atoms with Crippen molar-refractivity contribution in [1.82, 2.24) is 10.6 Å². The molecule has 0 saturated carbocycles. The van der Waals surface area contributed by atoms with Crippen molar-refractivity contribution in [2.45, 2.75) is 39.2 Å². The number of rotatable bonds is 4. The van der Waals surface area contributed by atoms with Crippen LogP contribution in [0.4, 0.5) is 0 Å². The highest BCUT2D eigenvalue weighted by Gasteiger charge is 2.38. The molecule has 3 nitrogen and oxygen atoms in total. The molecule has 4 heteroatoms. The van der Waals surface area contributed by atoms with Crippen LogP contribution in [0.5, 0.6) is 0 Å². The first-order valence-electron chi connectivity index (χ1n) is 7.34. The number of nitrogens with one attached hydrogen (secondary N) is 2. The van der Waals surface area contributed by atoms with Crippen LogP contribution < -0.4 is 10.6 Å². The van der Waals surface area contributed by atoms with Crippen LogP contribution in [0, 0.1) is 5.41 Å². The molecule has 1 atom stereocenters. The molecule has 1 amide bonds. The quantitative estimate of drug-likeness (QED) is 0.883. The van der Waals surface area contributed by atoms with Gasteiger partial charge in [0.1, 0.15) is 0 Å². The summed E-state index contributed by atoms with van der Waals surface area (Å²) in [6.07, 6.45) is 2.77. The Morgan fingerprint density at radius 2 is 2.15 bits per heavy atom. The first kappa shape index (κ1) is 15.5. The van der Waals surface area contributed by atoms with Gasteiger partial charge in [-0.15, -0.1) is 0 Å². The van der Waals surface area contributed by atoms with Crippen molar-refractivity contribution in [3.05, 3.63) is 34.3 Å². The second-order valence-electron chi connectivity index (χ2n) is 5.63. The zero-order valence-electron chi connectivity index (χ0n) is 12.2. The lowest BCUT2D eigenvalue weighted by molar-refractivity contribution is -0.133. The van der Waals surface area contributed by atoms with E-state index in [0.717, 1.165) is 42.4 Å². The zero-order valence-corrected chi connectivity index (χ0v) is 13.8. The second kappa shape index (κ2) is 6.72. The number of piperidine rings is 1. The largest absolute Gasteiger partial charge is 0.349 e. The molecular formula is C16H23BrN2O. The molecule has 1 saturated heterocycles. The molecule has 0 aromatic heterocycles. The Labute approximate surface area is 129 Å². The maximum Gasteiger partial charge on any atom is 0.226 e. The fourth-order valence-corrected chi connectivity index (χ4v) is 3.27. The average Bonchev–Trinajstić information content (AvgIpc) is 2.47. The summed E-state index contributed by atoms with van der Waals surface area (Å²) in [4.78, 5) is 12.7. The van der Waals surface area contributed by atoms with Gasteiger partial charge in [0.05, 0.1) is 11.5 Å². The van der Waals surface area contributed by atoms with Gasteiger partial charge in [-0.3, -0.25) is 4.79 Å².